The molecule has 0 saturated heterocycles. The third kappa shape index (κ3) is 4.35. The van der Waals surface area contributed by atoms with E-state index in [4.69, 9.17) is 14.2 Å². The smallest absolute Gasteiger partial charge is 0.263 e. The Labute approximate surface area is 175 Å². The Balaban J connectivity index is 1.55. The van der Waals surface area contributed by atoms with Gasteiger partial charge in [0.25, 0.3) is 11.8 Å². The van der Waals surface area contributed by atoms with E-state index in [1.54, 1.807) is 45.4 Å². The summed E-state index contributed by atoms with van der Waals surface area (Å²) in [6, 6.07) is 10.5. The molecule has 1 aliphatic heterocycles. The number of carbonyl (C=O) groups excluding carboxylic acids is 2. The molecule has 1 atom stereocenters. The molecule has 2 aromatic carbocycles. The molecule has 1 N–H and O–H groups in total. The van der Waals surface area contributed by atoms with Gasteiger partial charge in [-0.3, -0.25) is 9.59 Å². The van der Waals surface area contributed by atoms with E-state index >= 15 is 0 Å². The number of nitrogens with one attached hydrogen (secondary N) is 1. The molecule has 7 heteroatoms. The van der Waals surface area contributed by atoms with Gasteiger partial charge in [-0.15, -0.1) is 0 Å². The summed E-state index contributed by atoms with van der Waals surface area (Å²) in [4.78, 5) is 27.3. The van der Waals surface area contributed by atoms with E-state index in [-0.39, 0.29) is 11.8 Å². The molecule has 2 amide bonds. The topological polar surface area (TPSA) is 77.1 Å². The summed E-state index contributed by atoms with van der Waals surface area (Å²) in [6.45, 7) is 3.01. The molecule has 0 radical (unpaired) electrons. The highest BCUT2D eigenvalue weighted by Crippen LogP contribution is 2.34. The minimum absolute atomic E-state index is 0.00663. The van der Waals surface area contributed by atoms with Crippen molar-refractivity contribution < 1.29 is 23.8 Å². The van der Waals surface area contributed by atoms with Gasteiger partial charge in [-0.05, 0) is 56.0 Å². The molecule has 1 unspecified atom stereocenters. The molecule has 0 bridgehead atoms. The first-order valence-electron chi connectivity index (χ1n) is 10.1. The van der Waals surface area contributed by atoms with E-state index in [0.29, 0.717) is 41.0 Å². The monoisotopic (exact) mass is 410 g/mol. The van der Waals surface area contributed by atoms with Crippen molar-refractivity contribution in [2.75, 3.05) is 26.1 Å². The summed E-state index contributed by atoms with van der Waals surface area (Å²) >= 11 is 0. The van der Waals surface area contributed by atoms with Crippen LogP contribution < -0.4 is 19.5 Å². The molecule has 2 aromatic rings. The van der Waals surface area contributed by atoms with E-state index < -0.39 is 6.10 Å². The fraction of sp³-hybridized carbons (Fsp3) is 0.391. The largest absolute Gasteiger partial charge is 0.497 e. The maximum atomic E-state index is 12.8. The molecule has 1 heterocycles. The van der Waals surface area contributed by atoms with E-state index in [0.717, 1.165) is 12.1 Å². The Hall–Kier alpha value is -3.22. The first-order valence-corrected chi connectivity index (χ1v) is 10.1. The number of ether oxygens (including phenoxy) is 3. The van der Waals surface area contributed by atoms with Gasteiger partial charge in [0.2, 0.25) is 0 Å². The zero-order chi connectivity index (χ0) is 21.3. The minimum atomic E-state index is -0.519. The first-order chi connectivity index (χ1) is 14.5. The summed E-state index contributed by atoms with van der Waals surface area (Å²) in [7, 11) is 3.08. The standard InChI is InChI=1S/C23H26N2O5/c1-14-23(27)25(12-15-4-5-15)13-17-8-18(6-7-21(17)30-14)24-22(26)16-9-19(28-2)11-20(10-16)29-3/h6-11,14-15H,4-5,12-13H2,1-3H3,(H,24,26). The van der Waals surface area contributed by atoms with Gasteiger partial charge in [-0.1, -0.05) is 0 Å². The second kappa shape index (κ2) is 8.26. The molecule has 2 aliphatic rings. The number of methoxy groups -OCH3 is 2. The number of fused-ring (bicyclic) bond motifs is 1. The van der Waals surface area contributed by atoms with Crippen LogP contribution in [0.25, 0.3) is 0 Å². The van der Waals surface area contributed by atoms with Crippen molar-refractivity contribution in [3.05, 3.63) is 47.5 Å². The lowest BCUT2D eigenvalue weighted by molar-refractivity contribution is -0.137. The third-order valence-electron chi connectivity index (χ3n) is 5.43. The lowest BCUT2D eigenvalue weighted by Crippen LogP contribution is -2.39. The quantitative estimate of drug-likeness (QED) is 0.789. The van der Waals surface area contributed by atoms with Crippen molar-refractivity contribution >= 4 is 17.5 Å². The van der Waals surface area contributed by atoms with Crippen LogP contribution in [0, 0.1) is 5.92 Å². The van der Waals surface area contributed by atoms with Crippen molar-refractivity contribution in [1.82, 2.24) is 4.90 Å². The number of anilines is 1. The predicted octanol–water partition coefficient (Wildman–Crippen LogP) is 3.48. The van der Waals surface area contributed by atoms with Crippen LogP contribution in [0.3, 0.4) is 0 Å². The molecule has 1 saturated carbocycles. The summed E-state index contributed by atoms with van der Waals surface area (Å²) in [5.41, 5.74) is 1.95. The van der Waals surface area contributed by atoms with Gasteiger partial charge in [-0.2, -0.15) is 0 Å². The number of amides is 2. The van der Waals surface area contributed by atoms with E-state index in [9.17, 15) is 9.59 Å². The molecule has 0 spiro atoms. The zero-order valence-corrected chi connectivity index (χ0v) is 17.4. The van der Waals surface area contributed by atoms with Gasteiger partial charge in [0.1, 0.15) is 17.2 Å². The molecule has 1 fully saturated rings. The molecule has 4 rings (SSSR count). The van der Waals surface area contributed by atoms with Crippen LogP contribution in [0.1, 0.15) is 35.7 Å². The Morgan fingerprint density at radius 3 is 2.47 bits per heavy atom. The maximum absolute atomic E-state index is 12.8. The maximum Gasteiger partial charge on any atom is 0.263 e. The van der Waals surface area contributed by atoms with Gasteiger partial charge in [-0.25, -0.2) is 0 Å². The highest BCUT2D eigenvalue weighted by Gasteiger charge is 2.32. The van der Waals surface area contributed by atoms with Crippen molar-refractivity contribution in [2.24, 2.45) is 5.92 Å². The predicted molar refractivity (Wildman–Crippen MR) is 112 cm³/mol. The van der Waals surface area contributed by atoms with Gasteiger partial charge in [0.05, 0.1) is 14.2 Å². The Kier molecular flexibility index (Phi) is 5.53. The Morgan fingerprint density at radius 2 is 1.83 bits per heavy atom. The number of hydrogen-bond acceptors (Lipinski definition) is 5. The summed E-state index contributed by atoms with van der Waals surface area (Å²) in [5, 5.41) is 2.91. The number of nitrogens with zero attached hydrogens (tertiary/aromatic N) is 1. The number of benzene rings is 2. The van der Waals surface area contributed by atoms with Crippen molar-refractivity contribution in [1.29, 1.82) is 0 Å². The molecule has 1 aliphatic carbocycles. The molecular weight excluding hydrogens is 384 g/mol. The van der Waals surface area contributed by atoms with Crippen LogP contribution in [0.15, 0.2) is 36.4 Å². The fourth-order valence-electron chi connectivity index (χ4n) is 3.59. The fourth-order valence-corrected chi connectivity index (χ4v) is 3.59. The summed E-state index contributed by atoms with van der Waals surface area (Å²) in [6.07, 6.45) is 1.83. The van der Waals surface area contributed by atoms with Crippen molar-refractivity contribution in [3.8, 4) is 17.2 Å². The highest BCUT2D eigenvalue weighted by molar-refractivity contribution is 6.05. The van der Waals surface area contributed by atoms with Crippen LogP contribution in [0.2, 0.25) is 0 Å². The Morgan fingerprint density at radius 1 is 1.13 bits per heavy atom. The van der Waals surface area contributed by atoms with Gasteiger partial charge < -0.3 is 24.4 Å². The summed E-state index contributed by atoms with van der Waals surface area (Å²) < 4.78 is 16.4. The summed E-state index contributed by atoms with van der Waals surface area (Å²) in [5.74, 6) is 2.08. The molecule has 30 heavy (non-hydrogen) atoms. The molecular formula is C23H26N2O5. The van der Waals surface area contributed by atoms with Crippen LogP contribution in [-0.4, -0.2) is 43.6 Å². The third-order valence-corrected chi connectivity index (χ3v) is 5.43. The van der Waals surface area contributed by atoms with E-state index in [1.807, 2.05) is 17.0 Å². The zero-order valence-electron chi connectivity index (χ0n) is 17.4. The van der Waals surface area contributed by atoms with Crippen molar-refractivity contribution in [3.63, 3.8) is 0 Å². The average molecular weight is 410 g/mol. The van der Waals surface area contributed by atoms with Gasteiger partial charge in [0, 0.05) is 36.0 Å². The first kappa shape index (κ1) is 20.1. The lowest BCUT2D eigenvalue weighted by atomic mass is 10.1. The number of carbonyl (C=O) groups is 2. The van der Waals surface area contributed by atoms with Crippen LogP contribution >= 0.6 is 0 Å². The van der Waals surface area contributed by atoms with Crippen LogP contribution in [0.4, 0.5) is 5.69 Å². The number of hydrogen-bond donors (Lipinski definition) is 1. The van der Waals surface area contributed by atoms with Crippen molar-refractivity contribution in [2.45, 2.75) is 32.4 Å². The number of rotatable bonds is 6. The van der Waals surface area contributed by atoms with E-state index in [1.165, 1.54) is 12.8 Å². The van der Waals surface area contributed by atoms with Gasteiger partial charge >= 0.3 is 0 Å². The SMILES string of the molecule is COc1cc(OC)cc(C(=O)Nc2ccc3c(c2)CN(CC2CC2)C(=O)C(C)O3)c1. The normalized spacial score (nSPS) is 18.2. The second-order valence-corrected chi connectivity index (χ2v) is 7.80. The highest BCUT2D eigenvalue weighted by atomic mass is 16.5. The average Bonchev–Trinajstić information content (AvgIpc) is 3.58. The van der Waals surface area contributed by atoms with Crippen LogP contribution in [-0.2, 0) is 11.3 Å². The molecule has 7 nitrogen and oxygen atoms in total. The minimum Gasteiger partial charge on any atom is -0.497 e. The van der Waals surface area contributed by atoms with Gasteiger partial charge in [0.15, 0.2) is 6.10 Å². The molecule has 158 valence electrons. The van der Waals surface area contributed by atoms with E-state index in [2.05, 4.69) is 5.32 Å². The Bertz CT molecular complexity index is 948. The molecule has 0 aromatic heterocycles. The van der Waals surface area contributed by atoms with Crippen LogP contribution in [0.5, 0.6) is 17.2 Å². The second-order valence-electron chi connectivity index (χ2n) is 7.80. The lowest BCUT2D eigenvalue weighted by Gasteiger charge is -2.22.